The summed E-state index contributed by atoms with van der Waals surface area (Å²) in [7, 11) is 0. The molecule has 0 spiro atoms. The molecule has 1 aliphatic carbocycles. The molecule has 1 saturated carbocycles. The zero-order chi connectivity index (χ0) is 16.8. The summed E-state index contributed by atoms with van der Waals surface area (Å²) < 4.78 is 0. The molecule has 0 bridgehead atoms. The summed E-state index contributed by atoms with van der Waals surface area (Å²) in [6.07, 6.45) is 9.29. The SMILES string of the molecule is CCCCc1nc2ccc(NCC(=O)NC3CCCCC3)cc2[nH]1. The molecule has 0 unspecified atom stereocenters. The van der Waals surface area contributed by atoms with E-state index >= 15 is 0 Å². The van der Waals surface area contributed by atoms with Crippen LogP contribution in [0.4, 0.5) is 5.69 Å². The Balaban J connectivity index is 1.53. The van der Waals surface area contributed by atoms with Crippen LogP contribution in [0.1, 0.15) is 57.7 Å². The first kappa shape index (κ1) is 16.8. The number of unbranched alkanes of at least 4 members (excludes halogenated alkanes) is 1. The lowest BCUT2D eigenvalue weighted by atomic mass is 9.95. The smallest absolute Gasteiger partial charge is 0.239 e. The van der Waals surface area contributed by atoms with Gasteiger partial charge in [-0.15, -0.1) is 0 Å². The number of imidazole rings is 1. The van der Waals surface area contributed by atoms with E-state index in [0.717, 1.165) is 48.2 Å². The summed E-state index contributed by atoms with van der Waals surface area (Å²) in [5.74, 6) is 1.12. The van der Waals surface area contributed by atoms with Crippen LogP contribution in [0.5, 0.6) is 0 Å². The molecule has 2 aromatic rings. The minimum Gasteiger partial charge on any atom is -0.376 e. The van der Waals surface area contributed by atoms with Gasteiger partial charge >= 0.3 is 0 Å². The van der Waals surface area contributed by atoms with Crippen molar-refractivity contribution in [2.45, 2.75) is 64.3 Å². The van der Waals surface area contributed by atoms with Crippen molar-refractivity contribution < 1.29 is 4.79 Å². The van der Waals surface area contributed by atoms with Gasteiger partial charge in [0.1, 0.15) is 5.82 Å². The zero-order valence-corrected chi connectivity index (χ0v) is 14.5. The van der Waals surface area contributed by atoms with Crippen molar-refractivity contribution in [2.24, 2.45) is 0 Å². The fourth-order valence-electron chi connectivity index (χ4n) is 3.34. The van der Waals surface area contributed by atoms with Crippen molar-refractivity contribution in [1.82, 2.24) is 15.3 Å². The van der Waals surface area contributed by atoms with Crippen molar-refractivity contribution >= 4 is 22.6 Å². The third-order valence-electron chi connectivity index (χ3n) is 4.72. The van der Waals surface area contributed by atoms with Crippen molar-refractivity contribution in [3.05, 3.63) is 24.0 Å². The number of hydrogen-bond acceptors (Lipinski definition) is 3. The molecule has 5 nitrogen and oxygen atoms in total. The Morgan fingerprint density at radius 3 is 2.92 bits per heavy atom. The van der Waals surface area contributed by atoms with Crippen molar-refractivity contribution in [3.63, 3.8) is 0 Å². The Morgan fingerprint density at radius 2 is 2.12 bits per heavy atom. The van der Waals surface area contributed by atoms with E-state index in [4.69, 9.17) is 0 Å². The van der Waals surface area contributed by atoms with E-state index in [1.54, 1.807) is 0 Å². The van der Waals surface area contributed by atoms with Crippen LogP contribution >= 0.6 is 0 Å². The van der Waals surface area contributed by atoms with Crippen LogP contribution in [-0.2, 0) is 11.2 Å². The number of hydrogen-bond donors (Lipinski definition) is 3. The van der Waals surface area contributed by atoms with Gasteiger partial charge in [0, 0.05) is 18.2 Å². The number of fused-ring (bicyclic) bond motifs is 1. The van der Waals surface area contributed by atoms with Crippen LogP contribution in [0.3, 0.4) is 0 Å². The number of nitrogens with one attached hydrogen (secondary N) is 3. The highest BCUT2D eigenvalue weighted by Crippen LogP contribution is 2.19. The van der Waals surface area contributed by atoms with Crippen molar-refractivity contribution in [2.75, 3.05) is 11.9 Å². The average Bonchev–Trinajstić information content (AvgIpc) is 3.01. The number of aromatic amines is 1. The normalized spacial score (nSPS) is 15.5. The van der Waals surface area contributed by atoms with Crippen molar-refractivity contribution in [3.8, 4) is 0 Å². The minimum atomic E-state index is 0.0789. The average molecular weight is 328 g/mol. The summed E-state index contributed by atoms with van der Waals surface area (Å²) in [5.41, 5.74) is 2.96. The third kappa shape index (κ3) is 4.49. The first-order valence-corrected chi connectivity index (χ1v) is 9.26. The lowest BCUT2D eigenvalue weighted by Gasteiger charge is -2.22. The summed E-state index contributed by atoms with van der Waals surface area (Å²) in [6.45, 7) is 2.50. The maximum Gasteiger partial charge on any atom is 0.239 e. The maximum absolute atomic E-state index is 12.1. The molecule has 1 aromatic heterocycles. The quantitative estimate of drug-likeness (QED) is 0.724. The molecule has 1 amide bonds. The molecule has 130 valence electrons. The maximum atomic E-state index is 12.1. The molecule has 1 aromatic carbocycles. The molecule has 0 saturated heterocycles. The first-order valence-electron chi connectivity index (χ1n) is 9.26. The second-order valence-electron chi connectivity index (χ2n) is 6.77. The van der Waals surface area contributed by atoms with Crippen LogP contribution in [0.2, 0.25) is 0 Å². The van der Waals surface area contributed by atoms with Crippen LogP contribution in [0.15, 0.2) is 18.2 Å². The van der Waals surface area contributed by atoms with E-state index in [2.05, 4.69) is 27.5 Å². The van der Waals surface area contributed by atoms with E-state index in [0.29, 0.717) is 12.6 Å². The molecule has 1 heterocycles. The molecule has 3 rings (SSSR count). The fourth-order valence-corrected chi connectivity index (χ4v) is 3.34. The van der Waals surface area contributed by atoms with Gasteiger partial charge in [-0.25, -0.2) is 4.98 Å². The molecule has 0 aliphatic heterocycles. The van der Waals surface area contributed by atoms with E-state index in [1.165, 1.54) is 25.7 Å². The van der Waals surface area contributed by atoms with Gasteiger partial charge < -0.3 is 15.6 Å². The Labute approximate surface area is 143 Å². The van der Waals surface area contributed by atoms with E-state index in [-0.39, 0.29) is 5.91 Å². The molecule has 24 heavy (non-hydrogen) atoms. The molecular formula is C19H28N4O. The number of carbonyl (C=O) groups excluding carboxylic acids is 1. The Bertz CT molecular complexity index is 673. The standard InChI is InChI=1S/C19H28N4O/c1-2-3-9-18-22-16-11-10-15(12-17(16)23-18)20-13-19(24)21-14-7-5-4-6-8-14/h10-12,14,20H,2-9,13H2,1H3,(H,21,24)(H,22,23). The molecule has 5 heteroatoms. The topological polar surface area (TPSA) is 69.8 Å². The minimum absolute atomic E-state index is 0.0789. The lowest BCUT2D eigenvalue weighted by Crippen LogP contribution is -2.39. The number of rotatable bonds is 7. The molecule has 1 fully saturated rings. The Hall–Kier alpha value is -2.04. The largest absolute Gasteiger partial charge is 0.376 e. The number of carbonyl (C=O) groups is 1. The predicted octanol–water partition coefficient (Wildman–Crippen LogP) is 3.77. The van der Waals surface area contributed by atoms with Gasteiger partial charge in [-0.1, -0.05) is 32.6 Å². The number of aromatic nitrogens is 2. The monoisotopic (exact) mass is 328 g/mol. The van der Waals surface area contributed by atoms with E-state index in [1.807, 2.05) is 18.2 Å². The first-order chi connectivity index (χ1) is 11.7. The highest BCUT2D eigenvalue weighted by atomic mass is 16.1. The second-order valence-corrected chi connectivity index (χ2v) is 6.77. The predicted molar refractivity (Wildman–Crippen MR) is 98.2 cm³/mol. The fraction of sp³-hybridized carbons (Fsp3) is 0.579. The van der Waals surface area contributed by atoms with Gasteiger partial charge in [-0.2, -0.15) is 0 Å². The number of anilines is 1. The number of amides is 1. The van der Waals surface area contributed by atoms with Gasteiger partial charge in [0.2, 0.25) is 5.91 Å². The number of benzene rings is 1. The summed E-state index contributed by atoms with van der Waals surface area (Å²) in [4.78, 5) is 20.1. The number of nitrogens with zero attached hydrogens (tertiary/aromatic N) is 1. The van der Waals surface area contributed by atoms with Crippen LogP contribution < -0.4 is 10.6 Å². The van der Waals surface area contributed by atoms with E-state index < -0.39 is 0 Å². The number of H-pyrrole nitrogens is 1. The molecular weight excluding hydrogens is 300 g/mol. The van der Waals surface area contributed by atoms with Crippen LogP contribution in [-0.4, -0.2) is 28.5 Å². The third-order valence-corrected chi connectivity index (χ3v) is 4.72. The summed E-state index contributed by atoms with van der Waals surface area (Å²) in [5, 5.41) is 6.35. The van der Waals surface area contributed by atoms with E-state index in [9.17, 15) is 4.79 Å². The van der Waals surface area contributed by atoms with Crippen LogP contribution in [0.25, 0.3) is 11.0 Å². The molecule has 3 N–H and O–H groups in total. The molecule has 0 radical (unpaired) electrons. The lowest BCUT2D eigenvalue weighted by molar-refractivity contribution is -0.120. The zero-order valence-electron chi connectivity index (χ0n) is 14.5. The summed E-state index contributed by atoms with van der Waals surface area (Å²) >= 11 is 0. The van der Waals surface area contributed by atoms with Gasteiger partial charge in [0.25, 0.3) is 0 Å². The van der Waals surface area contributed by atoms with Gasteiger partial charge in [-0.05, 0) is 37.5 Å². The Kier molecular flexibility index (Phi) is 5.72. The highest BCUT2D eigenvalue weighted by molar-refractivity contribution is 5.83. The Morgan fingerprint density at radius 1 is 1.29 bits per heavy atom. The van der Waals surface area contributed by atoms with Gasteiger partial charge in [0.05, 0.1) is 17.6 Å². The molecule has 1 aliphatic rings. The number of aryl methyl sites for hydroxylation is 1. The molecule has 0 atom stereocenters. The van der Waals surface area contributed by atoms with Crippen LogP contribution in [0, 0.1) is 0 Å². The van der Waals surface area contributed by atoms with Gasteiger partial charge in [0.15, 0.2) is 0 Å². The second kappa shape index (κ2) is 8.18. The summed E-state index contributed by atoms with van der Waals surface area (Å²) in [6, 6.07) is 6.39. The highest BCUT2D eigenvalue weighted by Gasteiger charge is 2.15. The van der Waals surface area contributed by atoms with Gasteiger partial charge in [-0.3, -0.25) is 4.79 Å². The van der Waals surface area contributed by atoms with Crippen molar-refractivity contribution in [1.29, 1.82) is 0 Å².